The lowest BCUT2D eigenvalue weighted by Crippen LogP contribution is -2.34. The SMILES string of the molecule is CC(C)C(NC(=O)C12CC1C2)c1cccs1. The number of thiophene rings is 1. The summed E-state index contributed by atoms with van der Waals surface area (Å²) in [6.07, 6.45) is 2.27. The van der Waals surface area contributed by atoms with Crippen LogP contribution in [0.2, 0.25) is 0 Å². The minimum Gasteiger partial charge on any atom is -0.348 e. The van der Waals surface area contributed by atoms with Crippen LogP contribution in [0.15, 0.2) is 17.5 Å². The zero-order valence-corrected chi connectivity index (χ0v) is 10.5. The standard InChI is InChI=1S/C13H17NOS/c1-8(2)11(10-4-3-5-16-10)14-12(15)13-6-9(13)7-13/h3-5,8-9,11H,6-7H2,1-2H3,(H,14,15). The van der Waals surface area contributed by atoms with Crippen molar-refractivity contribution in [3.8, 4) is 0 Å². The van der Waals surface area contributed by atoms with Gasteiger partial charge >= 0.3 is 0 Å². The number of hydrogen-bond donors (Lipinski definition) is 1. The summed E-state index contributed by atoms with van der Waals surface area (Å²) in [6.45, 7) is 4.33. The molecule has 0 aliphatic heterocycles. The van der Waals surface area contributed by atoms with Crippen LogP contribution in [0.1, 0.15) is 37.6 Å². The third-order valence-electron chi connectivity index (χ3n) is 3.94. The van der Waals surface area contributed by atoms with E-state index in [9.17, 15) is 4.79 Å². The monoisotopic (exact) mass is 235 g/mol. The summed E-state index contributed by atoms with van der Waals surface area (Å²) in [5.41, 5.74) is 0.0877. The highest BCUT2D eigenvalue weighted by molar-refractivity contribution is 7.10. The summed E-state index contributed by atoms with van der Waals surface area (Å²) in [6, 6.07) is 4.37. The summed E-state index contributed by atoms with van der Waals surface area (Å²) in [5, 5.41) is 5.31. The van der Waals surface area contributed by atoms with Crippen molar-refractivity contribution in [2.24, 2.45) is 17.3 Å². The quantitative estimate of drug-likeness (QED) is 0.854. The molecule has 1 atom stereocenters. The molecule has 1 aromatic heterocycles. The highest BCUT2D eigenvalue weighted by atomic mass is 32.1. The van der Waals surface area contributed by atoms with Gasteiger partial charge in [0.2, 0.25) is 5.91 Å². The van der Waals surface area contributed by atoms with Crippen LogP contribution in [-0.2, 0) is 4.79 Å². The van der Waals surface area contributed by atoms with Crippen molar-refractivity contribution < 1.29 is 4.79 Å². The zero-order chi connectivity index (χ0) is 11.3. The van der Waals surface area contributed by atoms with Gasteiger partial charge in [0, 0.05) is 4.88 Å². The fourth-order valence-corrected chi connectivity index (χ4v) is 3.34. The van der Waals surface area contributed by atoms with Crippen LogP contribution in [0, 0.1) is 17.3 Å². The van der Waals surface area contributed by atoms with Gasteiger partial charge in [-0.05, 0) is 36.1 Å². The molecule has 2 fully saturated rings. The van der Waals surface area contributed by atoms with Crippen LogP contribution in [-0.4, -0.2) is 5.91 Å². The summed E-state index contributed by atoms with van der Waals surface area (Å²) >= 11 is 1.73. The molecule has 1 N–H and O–H groups in total. The van der Waals surface area contributed by atoms with E-state index in [1.54, 1.807) is 11.3 Å². The van der Waals surface area contributed by atoms with Crippen molar-refractivity contribution in [3.05, 3.63) is 22.4 Å². The molecule has 3 rings (SSSR count). The highest BCUT2D eigenvalue weighted by Crippen LogP contribution is 2.75. The third-order valence-corrected chi connectivity index (χ3v) is 4.89. The molecule has 1 aromatic rings. The normalized spacial score (nSPS) is 32.1. The highest BCUT2D eigenvalue weighted by Gasteiger charge is 2.74. The number of carbonyl (C=O) groups is 1. The molecule has 2 saturated carbocycles. The van der Waals surface area contributed by atoms with Gasteiger partial charge in [-0.25, -0.2) is 0 Å². The Balaban J connectivity index is 1.72. The third kappa shape index (κ3) is 1.49. The van der Waals surface area contributed by atoms with Crippen LogP contribution in [0.4, 0.5) is 0 Å². The Bertz CT molecular complexity index is 404. The molecule has 0 saturated heterocycles. The molecule has 86 valence electrons. The molecule has 0 radical (unpaired) electrons. The first-order valence-corrected chi connectivity index (χ1v) is 6.86. The molecule has 2 nitrogen and oxygen atoms in total. The van der Waals surface area contributed by atoms with E-state index in [0.717, 1.165) is 18.8 Å². The smallest absolute Gasteiger partial charge is 0.227 e. The van der Waals surface area contributed by atoms with Gasteiger partial charge in [0.1, 0.15) is 0 Å². The first-order chi connectivity index (χ1) is 7.63. The van der Waals surface area contributed by atoms with E-state index >= 15 is 0 Å². The molecular formula is C13H17NOS. The Morgan fingerprint density at radius 1 is 1.56 bits per heavy atom. The maximum atomic E-state index is 12.1. The van der Waals surface area contributed by atoms with Gasteiger partial charge in [0.05, 0.1) is 11.5 Å². The fourth-order valence-electron chi connectivity index (χ4n) is 2.39. The van der Waals surface area contributed by atoms with Gasteiger partial charge in [-0.15, -0.1) is 11.3 Å². The maximum absolute atomic E-state index is 12.1. The van der Waals surface area contributed by atoms with Gasteiger partial charge in [-0.1, -0.05) is 19.9 Å². The number of amides is 1. The van der Waals surface area contributed by atoms with E-state index in [-0.39, 0.29) is 11.5 Å². The van der Waals surface area contributed by atoms with Crippen LogP contribution in [0.25, 0.3) is 0 Å². The molecule has 2 aliphatic carbocycles. The summed E-state index contributed by atoms with van der Waals surface area (Å²) in [7, 11) is 0. The minimum atomic E-state index is 0.0877. The summed E-state index contributed by atoms with van der Waals surface area (Å²) in [4.78, 5) is 13.3. The van der Waals surface area contributed by atoms with E-state index < -0.39 is 0 Å². The van der Waals surface area contributed by atoms with Crippen molar-refractivity contribution in [2.75, 3.05) is 0 Å². The van der Waals surface area contributed by atoms with E-state index in [4.69, 9.17) is 0 Å². The van der Waals surface area contributed by atoms with Crippen LogP contribution in [0.3, 0.4) is 0 Å². The second-order valence-corrected chi connectivity index (χ2v) is 6.45. The van der Waals surface area contributed by atoms with Crippen LogP contribution < -0.4 is 5.32 Å². The van der Waals surface area contributed by atoms with Gasteiger partial charge in [0.25, 0.3) is 0 Å². The van der Waals surface area contributed by atoms with Crippen LogP contribution in [0.5, 0.6) is 0 Å². The van der Waals surface area contributed by atoms with E-state index in [0.29, 0.717) is 11.8 Å². The molecule has 0 bridgehead atoms. The van der Waals surface area contributed by atoms with E-state index in [1.165, 1.54) is 4.88 Å². The average Bonchev–Trinajstić information content (AvgIpc) is 3.00. The molecule has 2 aliphatic rings. The first-order valence-electron chi connectivity index (χ1n) is 5.98. The molecule has 16 heavy (non-hydrogen) atoms. The number of carbonyl (C=O) groups excluding carboxylic acids is 1. The molecule has 1 unspecified atom stereocenters. The molecular weight excluding hydrogens is 218 g/mol. The predicted octanol–water partition coefficient (Wildman–Crippen LogP) is 2.97. The largest absolute Gasteiger partial charge is 0.348 e. The molecule has 3 heteroatoms. The average molecular weight is 235 g/mol. The lowest BCUT2D eigenvalue weighted by molar-refractivity contribution is -0.125. The summed E-state index contributed by atoms with van der Waals surface area (Å²) in [5.74, 6) is 1.48. The van der Waals surface area contributed by atoms with Crippen molar-refractivity contribution in [2.45, 2.75) is 32.7 Å². The second kappa shape index (κ2) is 3.33. The van der Waals surface area contributed by atoms with E-state index in [1.807, 2.05) is 0 Å². The number of fused-ring (bicyclic) bond motifs is 1. The molecule has 1 heterocycles. The van der Waals surface area contributed by atoms with Crippen molar-refractivity contribution in [3.63, 3.8) is 0 Å². The Morgan fingerprint density at radius 2 is 2.25 bits per heavy atom. The Morgan fingerprint density at radius 3 is 2.69 bits per heavy atom. The molecule has 0 spiro atoms. The fraction of sp³-hybridized carbons (Fsp3) is 0.615. The van der Waals surface area contributed by atoms with Gasteiger partial charge in [-0.3, -0.25) is 4.79 Å². The van der Waals surface area contributed by atoms with Crippen molar-refractivity contribution in [1.82, 2.24) is 5.32 Å². The lowest BCUT2D eigenvalue weighted by atomic mass is 10.0. The minimum absolute atomic E-state index is 0.0877. The topological polar surface area (TPSA) is 29.1 Å². The van der Waals surface area contributed by atoms with Crippen LogP contribution >= 0.6 is 11.3 Å². The molecule has 1 amide bonds. The lowest BCUT2D eigenvalue weighted by Gasteiger charge is -2.22. The zero-order valence-electron chi connectivity index (χ0n) is 9.69. The van der Waals surface area contributed by atoms with Crippen molar-refractivity contribution in [1.29, 1.82) is 0 Å². The number of hydrogen-bond acceptors (Lipinski definition) is 2. The first kappa shape index (κ1) is 10.3. The van der Waals surface area contributed by atoms with E-state index in [2.05, 4.69) is 36.7 Å². The maximum Gasteiger partial charge on any atom is 0.227 e. The second-order valence-electron chi connectivity index (χ2n) is 5.47. The Hall–Kier alpha value is -0.830. The number of nitrogens with one attached hydrogen (secondary N) is 1. The molecule has 0 aromatic carbocycles. The Kier molecular flexibility index (Phi) is 2.15. The van der Waals surface area contributed by atoms with Crippen molar-refractivity contribution >= 4 is 17.2 Å². The Labute approximate surface area is 100 Å². The van der Waals surface area contributed by atoms with Gasteiger partial charge in [-0.2, -0.15) is 0 Å². The van der Waals surface area contributed by atoms with Gasteiger partial charge in [0.15, 0.2) is 0 Å². The number of rotatable bonds is 4. The van der Waals surface area contributed by atoms with Gasteiger partial charge < -0.3 is 5.32 Å². The predicted molar refractivity (Wildman–Crippen MR) is 65.2 cm³/mol. The summed E-state index contributed by atoms with van der Waals surface area (Å²) < 4.78 is 0.